The third kappa shape index (κ3) is 3.44. The van der Waals surface area contributed by atoms with Crippen LogP contribution in [0.4, 0.5) is 5.69 Å². The molecule has 0 bridgehead atoms. The van der Waals surface area contributed by atoms with Gasteiger partial charge in [0.25, 0.3) is 0 Å². The Hall–Kier alpha value is -0.570. The molecule has 0 aromatic heterocycles. The fourth-order valence-corrected chi connectivity index (χ4v) is 4.46. The molecule has 1 heterocycles. The van der Waals surface area contributed by atoms with Crippen molar-refractivity contribution in [3.05, 3.63) is 22.2 Å². The average Bonchev–Trinajstić information content (AvgIpc) is 2.66. The minimum atomic E-state index is -3.97. The van der Waals surface area contributed by atoms with Crippen molar-refractivity contribution in [2.75, 3.05) is 18.9 Å². The van der Waals surface area contributed by atoms with Crippen LogP contribution >= 0.6 is 23.2 Å². The summed E-state index contributed by atoms with van der Waals surface area (Å²) in [5, 5.41) is 10.2. The van der Waals surface area contributed by atoms with Crippen molar-refractivity contribution in [3.8, 4) is 0 Å². The second kappa shape index (κ2) is 5.91. The Morgan fingerprint density at radius 1 is 1.48 bits per heavy atom. The van der Waals surface area contributed by atoms with Crippen LogP contribution in [0.3, 0.4) is 0 Å². The molecule has 2 unspecified atom stereocenters. The van der Waals surface area contributed by atoms with E-state index in [2.05, 4.69) is 4.72 Å². The molecule has 118 valence electrons. The topological polar surface area (TPSA) is 102 Å². The predicted octanol–water partition coefficient (Wildman–Crippen LogP) is 1.39. The molecule has 0 spiro atoms. The smallest absolute Gasteiger partial charge is 0.243 e. The largest absolute Gasteiger partial charge is 0.399 e. The van der Waals surface area contributed by atoms with Gasteiger partial charge >= 0.3 is 0 Å². The third-order valence-corrected chi connectivity index (χ3v) is 5.84. The van der Waals surface area contributed by atoms with E-state index in [9.17, 15) is 13.5 Å². The number of benzene rings is 1. The molecule has 9 heteroatoms. The second-order valence-electron chi connectivity index (χ2n) is 5.00. The zero-order valence-electron chi connectivity index (χ0n) is 11.3. The summed E-state index contributed by atoms with van der Waals surface area (Å²) in [6, 6.07) is 2.61. The van der Waals surface area contributed by atoms with Gasteiger partial charge in [-0.15, -0.1) is 0 Å². The van der Waals surface area contributed by atoms with E-state index < -0.39 is 21.7 Å². The van der Waals surface area contributed by atoms with Crippen molar-refractivity contribution in [2.45, 2.75) is 29.9 Å². The van der Waals surface area contributed by atoms with Crippen LogP contribution in [0.1, 0.15) is 13.3 Å². The molecular weight excluding hydrogens is 339 g/mol. The van der Waals surface area contributed by atoms with Crippen LogP contribution in [0.2, 0.25) is 10.0 Å². The third-order valence-electron chi connectivity index (χ3n) is 3.52. The summed E-state index contributed by atoms with van der Waals surface area (Å²) in [6.45, 7) is 1.88. The van der Waals surface area contributed by atoms with Crippen LogP contribution in [0.15, 0.2) is 17.0 Å². The van der Waals surface area contributed by atoms with Gasteiger partial charge in [-0.05, 0) is 19.1 Å². The van der Waals surface area contributed by atoms with Crippen molar-refractivity contribution in [1.29, 1.82) is 0 Å². The minimum Gasteiger partial charge on any atom is -0.399 e. The molecular formula is C12H16Cl2N2O4S. The first-order valence-corrected chi connectivity index (χ1v) is 8.48. The summed E-state index contributed by atoms with van der Waals surface area (Å²) in [5.41, 5.74) is 4.56. The normalized spacial score (nSPS) is 26.2. The first-order chi connectivity index (χ1) is 9.66. The average molecular weight is 355 g/mol. The Morgan fingerprint density at radius 2 is 2.05 bits per heavy atom. The summed E-state index contributed by atoms with van der Waals surface area (Å²) in [5.74, 6) is 0. The standard InChI is InChI=1S/C12H16Cl2N2O4S/c1-7-12(17,2-3-20-7)6-16-21(18,19)11-9(13)4-8(15)5-10(11)14/h4-5,7,16-17H,2-3,6,15H2,1H3. The zero-order chi connectivity index (χ0) is 15.8. The highest BCUT2D eigenvalue weighted by Gasteiger charge is 2.40. The van der Waals surface area contributed by atoms with E-state index in [-0.39, 0.29) is 27.2 Å². The summed E-state index contributed by atoms with van der Waals surface area (Å²) >= 11 is 11.8. The first kappa shape index (κ1) is 16.8. The Bertz CT molecular complexity index is 630. The maximum atomic E-state index is 12.3. The lowest BCUT2D eigenvalue weighted by atomic mass is 9.97. The molecule has 1 aromatic rings. The van der Waals surface area contributed by atoms with Crippen LogP contribution < -0.4 is 10.5 Å². The van der Waals surface area contributed by atoms with Gasteiger partial charge in [-0.3, -0.25) is 0 Å². The SMILES string of the molecule is CC1OCCC1(O)CNS(=O)(=O)c1c(Cl)cc(N)cc1Cl. The van der Waals surface area contributed by atoms with Crippen molar-refractivity contribution >= 4 is 38.9 Å². The molecule has 21 heavy (non-hydrogen) atoms. The molecule has 1 fully saturated rings. The van der Waals surface area contributed by atoms with E-state index in [1.54, 1.807) is 6.92 Å². The molecule has 1 aliphatic heterocycles. The summed E-state index contributed by atoms with van der Waals surface area (Å²) in [6.07, 6.45) is -0.113. The fraction of sp³-hybridized carbons (Fsp3) is 0.500. The molecule has 0 saturated carbocycles. The Morgan fingerprint density at radius 3 is 2.52 bits per heavy atom. The van der Waals surface area contributed by atoms with E-state index >= 15 is 0 Å². The number of anilines is 1. The molecule has 0 radical (unpaired) electrons. The van der Waals surface area contributed by atoms with Gasteiger partial charge in [0.15, 0.2) is 0 Å². The van der Waals surface area contributed by atoms with Gasteiger partial charge in [0, 0.05) is 25.3 Å². The van der Waals surface area contributed by atoms with Gasteiger partial charge in [-0.2, -0.15) is 0 Å². The Kier molecular flexibility index (Phi) is 4.72. The summed E-state index contributed by atoms with van der Waals surface area (Å²) in [4.78, 5) is -0.254. The van der Waals surface area contributed by atoms with Crippen molar-refractivity contribution in [3.63, 3.8) is 0 Å². The Labute approximate surface area is 133 Å². The lowest BCUT2D eigenvalue weighted by Crippen LogP contribution is -2.47. The van der Waals surface area contributed by atoms with Crippen LogP contribution in [0, 0.1) is 0 Å². The molecule has 2 rings (SSSR count). The number of nitrogens with two attached hydrogens (primary N) is 1. The van der Waals surface area contributed by atoms with Crippen molar-refractivity contribution in [2.24, 2.45) is 0 Å². The van der Waals surface area contributed by atoms with Crippen LogP contribution in [0.5, 0.6) is 0 Å². The van der Waals surface area contributed by atoms with Gasteiger partial charge in [0.1, 0.15) is 10.5 Å². The minimum absolute atomic E-state index is 0.0739. The quantitative estimate of drug-likeness (QED) is 0.709. The maximum Gasteiger partial charge on any atom is 0.243 e. The molecule has 0 amide bonds. The number of halogens is 2. The maximum absolute atomic E-state index is 12.3. The van der Waals surface area contributed by atoms with E-state index in [0.717, 1.165) is 0 Å². The highest BCUT2D eigenvalue weighted by Crippen LogP contribution is 2.32. The lowest BCUT2D eigenvalue weighted by molar-refractivity contribution is -0.0228. The van der Waals surface area contributed by atoms with Crippen LogP contribution in [-0.4, -0.2) is 38.4 Å². The van der Waals surface area contributed by atoms with E-state index in [1.165, 1.54) is 12.1 Å². The molecule has 6 nitrogen and oxygen atoms in total. The van der Waals surface area contributed by atoms with Crippen LogP contribution in [-0.2, 0) is 14.8 Å². The van der Waals surface area contributed by atoms with Crippen molar-refractivity contribution < 1.29 is 18.3 Å². The Balaban J connectivity index is 2.24. The number of aliphatic hydroxyl groups is 1. The van der Waals surface area contributed by atoms with Crippen LogP contribution in [0.25, 0.3) is 0 Å². The van der Waals surface area contributed by atoms with Gasteiger partial charge in [0.2, 0.25) is 10.0 Å². The molecule has 4 N–H and O–H groups in total. The van der Waals surface area contributed by atoms with Gasteiger partial charge in [0.05, 0.1) is 16.1 Å². The monoisotopic (exact) mass is 354 g/mol. The number of nitrogen functional groups attached to an aromatic ring is 1. The van der Waals surface area contributed by atoms with Gasteiger partial charge in [-0.25, -0.2) is 13.1 Å². The fourth-order valence-electron chi connectivity index (χ4n) is 2.13. The first-order valence-electron chi connectivity index (χ1n) is 6.24. The number of ether oxygens (including phenoxy) is 1. The molecule has 1 aromatic carbocycles. The molecule has 1 aliphatic rings. The lowest BCUT2D eigenvalue weighted by Gasteiger charge is -2.26. The number of hydrogen-bond donors (Lipinski definition) is 3. The van der Waals surface area contributed by atoms with Gasteiger partial charge < -0.3 is 15.6 Å². The molecule has 0 aliphatic carbocycles. The molecule has 1 saturated heterocycles. The zero-order valence-corrected chi connectivity index (χ0v) is 13.6. The number of hydrogen-bond acceptors (Lipinski definition) is 5. The van der Waals surface area contributed by atoms with E-state index in [4.69, 9.17) is 33.7 Å². The van der Waals surface area contributed by atoms with E-state index in [1.807, 2.05) is 0 Å². The highest BCUT2D eigenvalue weighted by atomic mass is 35.5. The number of nitrogens with one attached hydrogen (secondary N) is 1. The predicted molar refractivity (Wildman–Crippen MR) is 81.0 cm³/mol. The number of rotatable bonds is 4. The number of sulfonamides is 1. The summed E-state index contributed by atoms with van der Waals surface area (Å²) in [7, 11) is -3.97. The second-order valence-corrected chi connectivity index (χ2v) is 7.52. The van der Waals surface area contributed by atoms with Gasteiger partial charge in [-0.1, -0.05) is 23.2 Å². The molecule has 2 atom stereocenters. The summed E-state index contributed by atoms with van der Waals surface area (Å²) < 4.78 is 32.2. The van der Waals surface area contributed by atoms with E-state index in [0.29, 0.717) is 13.0 Å². The highest BCUT2D eigenvalue weighted by molar-refractivity contribution is 7.89. The van der Waals surface area contributed by atoms with Crippen molar-refractivity contribution in [1.82, 2.24) is 4.72 Å².